The van der Waals surface area contributed by atoms with Crippen molar-refractivity contribution in [2.24, 2.45) is 23.2 Å². The average Bonchev–Trinajstić information content (AvgIpc) is 3.44. The second kappa shape index (κ2) is 6.63. The number of fused-ring (bicyclic) bond motifs is 2. The molecule has 1 aromatic rings. The molecule has 5 fully saturated rings. The first kappa shape index (κ1) is 19.0. The molecule has 7 heteroatoms. The SMILES string of the molecule is C[C@H]1CCC[C@]2(C)C[C@H]3OC(=O)C(CN4CCN(c5ncccn5)CC4)[C@H]3C3OC312. The average molecular weight is 413 g/mol. The van der Waals surface area contributed by atoms with E-state index < -0.39 is 0 Å². The van der Waals surface area contributed by atoms with Gasteiger partial charge in [0, 0.05) is 56.5 Å². The summed E-state index contributed by atoms with van der Waals surface area (Å²) in [6.07, 6.45) is 8.49. The van der Waals surface area contributed by atoms with E-state index >= 15 is 0 Å². The molecule has 1 aromatic heterocycles. The van der Waals surface area contributed by atoms with Crippen LogP contribution in [0.3, 0.4) is 0 Å². The number of hydrogen-bond donors (Lipinski definition) is 0. The maximum atomic E-state index is 12.9. The van der Waals surface area contributed by atoms with Crippen molar-refractivity contribution >= 4 is 11.9 Å². The highest BCUT2D eigenvalue weighted by Gasteiger charge is 2.78. The summed E-state index contributed by atoms with van der Waals surface area (Å²) in [5.74, 6) is 1.54. The number of carbonyl (C=O) groups is 1. The molecule has 4 heterocycles. The van der Waals surface area contributed by atoms with Crippen molar-refractivity contribution in [3.63, 3.8) is 0 Å². The summed E-state index contributed by atoms with van der Waals surface area (Å²) in [7, 11) is 0. The first-order chi connectivity index (χ1) is 14.5. The van der Waals surface area contributed by atoms with Crippen LogP contribution in [0.15, 0.2) is 18.5 Å². The molecule has 0 radical (unpaired) electrons. The normalized spacial score (nSPS) is 45.3. The molecule has 3 aliphatic heterocycles. The van der Waals surface area contributed by atoms with Gasteiger partial charge in [-0.25, -0.2) is 9.97 Å². The molecule has 0 N–H and O–H groups in total. The van der Waals surface area contributed by atoms with Crippen LogP contribution in [0.5, 0.6) is 0 Å². The van der Waals surface area contributed by atoms with Crippen LogP contribution in [0.4, 0.5) is 5.95 Å². The Morgan fingerprint density at radius 2 is 1.97 bits per heavy atom. The second-order valence-corrected chi connectivity index (χ2v) is 10.4. The van der Waals surface area contributed by atoms with Crippen molar-refractivity contribution in [1.29, 1.82) is 0 Å². The number of rotatable bonds is 3. The number of hydrogen-bond acceptors (Lipinski definition) is 7. The number of epoxide rings is 1. The minimum absolute atomic E-state index is 0.000581. The quantitative estimate of drug-likeness (QED) is 0.556. The molecule has 162 valence electrons. The lowest BCUT2D eigenvalue weighted by molar-refractivity contribution is -0.146. The van der Waals surface area contributed by atoms with E-state index in [2.05, 4.69) is 33.6 Å². The van der Waals surface area contributed by atoms with Gasteiger partial charge in [-0.3, -0.25) is 9.69 Å². The topological polar surface area (TPSA) is 71.1 Å². The standard InChI is InChI=1S/C23H32N4O3/c1-15-5-3-6-22(2)13-17-18(19-23(15,22)30-19)16(20(28)29-17)14-26-9-11-27(12-10-26)21-24-7-4-8-25-21/h4,7-8,15-19H,3,5-6,9-14H2,1-2H3/t15-,16?,17+,18+,19?,22+,23?/m0/s1. The number of esters is 1. The number of aromatic nitrogens is 2. The van der Waals surface area contributed by atoms with E-state index in [-0.39, 0.29) is 41.0 Å². The predicted molar refractivity (Wildman–Crippen MR) is 111 cm³/mol. The Hall–Kier alpha value is -1.73. The Morgan fingerprint density at radius 1 is 1.20 bits per heavy atom. The van der Waals surface area contributed by atoms with Crippen molar-refractivity contribution in [1.82, 2.24) is 14.9 Å². The summed E-state index contributed by atoms with van der Waals surface area (Å²) >= 11 is 0. The summed E-state index contributed by atoms with van der Waals surface area (Å²) in [5, 5.41) is 0. The van der Waals surface area contributed by atoms with E-state index in [1.54, 1.807) is 12.4 Å². The second-order valence-electron chi connectivity index (χ2n) is 10.4. The van der Waals surface area contributed by atoms with Crippen LogP contribution < -0.4 is 4.90 Å². The number of carbonyl (C=O) groups excluding carboxylic acids is 1. The maximum Gasteiger partial charge on any atom is 0.311 e. The van der Waals surface area contributed by atoms with Gasteiger partial charge in [0.2, 0.25) is 5.95 Å². The van der Waals surface area contributed by atoms with Gasteiger partial charge < -0.3 is 14.4 Å². The van der Waals surface area contributed by atoms with Crippen molar-refractivity contribution in [3.05, 3.63) is 18.5 Å². The number of nitrogens with zero attached hydrogens (tertiary/aromatic N) is 4. The highest BCUT2D eigenvalue weighted by atomic mass is 16.6. The molecular weight excluding hydrogens is 380 g/mol. The highest BCUT2D eigenvalue weighted by molar-refractivity contribution is 5.76. The first-order valence-electron chi connectivity index (χ1n) is 11.6. The van der Waals surface area contributed by atoms with Gasteiger partial charge in [-0.1, -0.05) is 20.3 Å². The minimum atomic E-state index is -0.0578. The third-order valence-electron chi connectivity index (χ3n) is 8.86. The van der Waals surface area contributed by atoms with Gasteiger partial charge in [-0.2, -0.15) is 0 Å². The highest BCUT2D eigenvalue weighted by Crippen LogP contribution is 2.70. The number of piperazine rings is 1. The van der Waals surface area contributed by atoms with Gasteiger partial charge >= 0.3 is 5.97 Å². The molecule has 0 bridgehead atoms. The van der Waals surface area contributed by atoms with Crippen molar-refractivity contribution in [3.8, 4) is 0 Å². The summed E-state index contributed by atoms with van der Waals surface area (Å²) in [4.78, 5) is 26.3. The Labute approximate surface area is 178 Å². The summed E-state index contributed by atoms with van der Waals surface area (Å²) in [6, 6.07) is 1.84. The van der Waals surface area contributed by atoms with Crippen molar-refractivity contribution in [2.45, 2.75) is 57.3 Å². The summed E-state index contributed by atoms with van der Waals surface area (Å²) < 4.78 is 12.5. The molecule has 3 unspecified atom stereocenters. The van der Waals surface area contributed by atoms with Crippen LogP contribution in [-0.2, 0) is 14.3 Å². The Balaban J connectivity index is 1.15. The molecule has 0 amide bonds. The molecule has 5 aliphatic rings. The van der Waals surface area contributed by atoms with Crippen LogP contribution in [0, 0.1) is 23.2 Å². The fourth-order valence-corrected chi connectivity index (χ4v) is 7.31. The van der Waals surface area contributed by atoms with Crippen molar-refractivity contribution < 1.29 is 14.3 Å². The van der Waals surface area contributed by atoms with Crippen LogP contribution in [-0.4, -0.2) is 71.4 Å². The lowest BCUT2D eigenvalue weighted by Crippen LogP contribution is -2.55. The van der Waals surface area contributed by atoms with Gasteiger partial charge in [0.25, 0.3) is 0 Å². The third-order valence-corrected chi connectivity index (χ3v) is 8.86. The smallest absolute Gasteiger partial charge is 0.311 e. The summed E-state index contributed by atoms with van der Waals surface area (Å²) in [6.45, 7) is 9.14. The molecule has 6 rings (SSSR count). The Bertz CT molecular complexity index is 829. The molecule has 0 aromatic carbocycles. The maximum absolute atomic E-state index is 12.9. The zero-order chi connectivity index (χ0) is 20.5. The zero-order valence-corrected chi connectivity index (χ0v) is 18.0. The minimum Gasteiger partial charge on any atom is -0.462 e. The van der Waals surface area contributed by atoms with Crippen LogP contribution in [0.1, 0.15) is 39.5 Å². The van der Waals surface area contributed by atoms with Gasteiger partial charge in [0.05, 0.1) is 12.0 Å². The molecule has 1 spiro atoms. The van der Waals surface area contributed by atoms with E-state index in [0.717, 1.165) is 45.1 Å². The van der Waals surface area contributed by atoms with E-state index in [0.29, 0.717) is 5.92 Å². The molecule has 3 saturated heterocycles. The van der Waals surface area contributed by atoms with Gasteiger partial charge in [-0.05, 0) is 31.2 Å². The lowest BCUT2D eigenvalue weighted by Gasteiger charge is -2.49. The molecular formula is C23H32N4O3. The van der Waals surface area contributed by atoms with Gasteiger partial charge in [0.15, 0.2) is 0 Å². The van der Waals surface area contributed by atoms with Crippen LogP contribution >= 0.6 is 0 Å². The first-order valence-corrected chi connectivity index (χ1v) is 11.6. The zero-order valence-electron chi connectivity index (χ0n) is 18.0. The van der Waals surface area contributed by atoms with E-state index in [1.165, 1.54) is 19.3 Å². The number of anilines is 1. The lowest BCUT2D eigenvalue weighted by atomic mass is 9.53. The van der Waals surface area contributed by atoms with Crippen molar-refractivity contribution in [2.75, 3.05) is 37.6 Å². The van der Waals surface area contributed by atoms with E-state index in [1.807, 2.05) is 6.07 Å². The Kier molecular flexibility index (Phi) is 4.20. The van der Waals surface area contributed by atoms with E-state index in [9.17, 15) is 4.79 Å². The van der Waals surface area contributed by atoms with Gasteiger partial charge in [-0.15, -0.1) is 0 Å². The van der Waals surface area contributed by atoms with E-state index in [4.69, 9.17) is 9.47 Å². The molecule has 2 aliphatic carbocycles. The van der Waals surface area contributed by atoms with Gasteiger partial charge in [0.1, 0.15) is 11.7 Å². The fourth-order valence-electron chi connectivity index (χ4n) is 7.31. The summed E-state index contributed by atoms with van der Waals surface area (Å²) in [5.41, 5.74) is 0.148. The largest absolute Gasteiger partial charge is 0.462 e. The predicted octanol–water partition coefficient (Wildman–Crippen LogP) is 2.12. The number of ether oxygens (including phenoxy) is 2. The third kappa shape index (κ3) is 2.60. The molecule has 2 saturated carbocycles. The van der Waals surface area contributed by atoms with Crippen LogP contribution in [0.25, 0.3) is 0 Å². The monoisotopic (exact) mass is 412 g/mol. The Morgan fingerprint density at radius 3 is 2.73 bits per heavy atom. The fraction of sp³-hybridized carbons (Fsp3) is 0.783. The van der Waals surface area contributed by atoms with Crippen LogP contribution in [0.2, 0.25) is 0 Å². The molecule has 7 atom stereocenters. The molecule has 30 heavy (non-hydrogen) atoms. The molecule has 7 nitrogen and oxygen atoms in total.